The van der Waals surface area contributed by atoms with Crippen molar-refractivity contribution in [3.63, 3.8) is 0 Å². The number of carbonyl (C=O) groups is 2. The second kappa shape index (κ2) is 7.90. The van der Waals surface area contributed by atoms with Crippen LogP contribution in [0.15, 0.2) is 12.4 Å². The third kappa shape index (κ3) is 4.54. The molecule has 1 aliphatic rings. The number of hydrogen-bond donors (Lipinski definition) is 2. The highest BCUT2D eigenvalue weighted by Crippen LogP contribution is 2.06. The van der Waals surface area contributed by atoms with Gasteiger partial charge in [0.05, 0.1) is 25.0 Å². The van der Waals surface area contributed by atoms with Gasteiger partial charge in [0.25, 0.3) is 5.91 Å². The Balaban J connectivity index is 1.71. The second-order valence-corrected chi connectivity index (χ2v) is 5.29. The molecule has 1 aromatic heterocycles. The fraction of sp³-hybridized carbons (Fsp3) is 0.643. The van der Waals surface area contributed by atoms with Crippen molar-refractivity contribution in [3.05, 3.63) is 18.0 Å². The van der Waals surface area contributed by atoms with E-state index in [-0.39, 0.29) is 5.91 Å². The van der Waals surface area contributed by atoms with E-state index in [1.165, 1.54) is 24.0 Å². The monoisotopic (exact) mass is 310 g/mol. The number of morpholine rings is 1. The maximum absolute atomic E-state index is 12.0. The summed E-state index contributed by atoms with van der Waals surface area (Å²) in [5.41, 5.74) is 0.375. The van der Waals surface area contributed by atoms with E-state index in [0.717, 1.165) is 39.3 Å². The zero-order valence-corrected chi connectivity index (χ0v) is 12.7. The van der Waals surface area contributed by atoms with Crippen LogP contribution in [0.1, 0.15) is 29.7 Å². The van der Waals surface area contributed by atoms with Gasteiger partial charge in [-0.2, -0.15) is 5.10 Å². The molecule has 22 heavy (non-hydrogen) atoms. The van der Waals surface area contributed by atoms with Crippen molar-refractivity contribution >= 4 is 11.9 Å². The molecule has 0 bridgehead atoms. The molecule has 2 N–H and O–H groups in total. The summed E-state index contributed by atoms with van der Waals surface area (Å²) < 4.78 is 6.55. The first-order valence-corrected chi connectivity index (χ1v) is 7.43. The zero-order valence-electron chi connectivity index (χ0n) is 12.7. The molecule has 1 fully saturated rings. The third-order valence-electron chi connectivity index (χ3n) is 3.66. The van der Waals surface area contributed by atoms with Crippen LogP contribution in [0, 0.1) is 0 Å². The molecule has 1 aliphatic heterocycles. The SMILES string of the molecule is CC(C(=O)O)n1cc(C(=O)NCCCN2CCOCC2)cn1. The number of ether oxygens (including phenoxy) is 1. The molecule has 0 aromatic carbocycles. The smallest absolute Gasteiger partial charge is 0.328 e. The van der Waals surface area contributed by atoms with Crippen LogP contribution in [0.4, 0.5) is 0 Å². The van der Waals surface area contributed by atoms with Gasteiger partial charge in [-0.1, -0.05) is 0 Å². The Morgan fingerprint density at radius 1 is 1.45 bits per heavy atom. The van der Waals surface area contributed by atoms with E-state index in [1.807, 2.05) is 0 Å². The Morgan fingerprint density at radius 3 is 2.86 bits per heavy atom. The fourth-order valence-corrected chi connectivity index (χ4v) is 2.21. The number of hydrogen-bond acceptors (Lipinski definition) is 5. The molecular weight excluding hydrogens is 288 g/mol. The van der Waals surface area contributed by atoms with Crippen molar-refractivity contribution in [1.82, 2.24) is 20.0 Å². The van der Waals surface area contributed by atoms with E-state index in [9.17, 15) is 9.59 Å². The summed E-state index contributed by atoms with van der Waals surface area (Å²) in [5.74, 6) is -1.22. The van der Waals surface area contributed by atoms with E-state index in [1.54, 1.807) is 0 Å². The lowest BCUT2D eigenvalue weighted by Gasteiger charge is -2.26. The molecule has 1 saturated heterocycles. The van der Waals surface area contributed by atoms with Crippen LogP contribution < -0.4 is 5.32 Å². The largest absolute Gasteiger partial charge is 0.480 e. The van der Waals surface area contributed by atoms with Crippen molar-refractivity contribution in [2.45, 2.75) is 19.4 Å². The Morgan fingerprint density at radius 2 is 2.18 bits per heavy atom. The molecule has 0 spiro atoms. The summed E-state index contributed by atoms with van der Waals surface area (Å²) in [4.78, 5) is 25.1. The number of carboxylic acids is 1. The van der Waals surface area contributed by atoms with Crippen molar-refractivity contribution in [2.24, 2.45) is 0 Å². The number of nitrogens with zero attached hydrogens (tertiary/aromatic N) is 3. The van der Waals surface area contributed by atoms with E-state index >= 15 is 0 Å². The Bertz CT molecular complexity index is 511. The van der Waals surface area contributed by atoms with Gasteiger partial charge in [0.15, 0.2) is 0 Å². The zero-order chi connectivity index (χ0) is 15.9. The van der Waals surface area contributed by atoms with E-state index in [0.29, 0.717) is 12.1 Å². The van der Waals surface area contributed by atoms with Crippen LogP contribution >= 0.6 is 0 Å². The van der Waals surface area contributed by atoms with Crippen LogP contribution in [0.2, 0.25) is 0 Å². The number of rotatable bonds is 7. The minimum atomic E-state index is -0.986. The highest BCUT2D eigenvalue weighted by molar-refractivity contribution is 5.93. The quantitative estimate of drug-likeness (QED) is 0.687. The predicted molar refractivity (Wildman–Crippen MR) is 78.8 cm³/mol. The standard InChI is InChI=1S/C14H22N4O4/c1-11(14(20)21)18-10-12(9-16-18)13(19)15-3-2-4-17-5-7-22-8-6-17/h9-11H,2-8H2,1H3,(H,15,19)(H,20,21). The van der Waals surface area contributed by atoms with Gasteiger partial charge in [-0.05, 0) is 19.9 Å². The predicted octanol–water partition coefficient (Wildman–Crippen LogP) is -0.0192. The van der Waals surface area contributed by atoms with Gasteiger partial charge in [-0.3, -0.25) is 14.4 Å². The molecule has 0 aliphatic carbocycles. The molecule has 2 rings (SSSR count). The maximum atomic E-state index is 12.0. The van der Waals surface area contributed by atoms with Crippen LogP contribution in [0.25, 0.3) is 0 Å². The number of carboxylic acid groups (broad SMARTS) is 1. The molecule has 1 aromatic rings. The summed E-state index contributed by atoms with van der Waals surface area (Å²) in [5, 5.41) is 15.6. The Hall–Kier alpha value is -1.93. The molecule has 1 amide bonds. The number of amides is 1. The summed E-state index contributed by atoms with van der Waals surface area (Å²) in [6.07, 6.45) is 3.71. The lowest BCUT2D eigenvalue weighted by atomic mass is 10.3. The molecular formula is C14H22N4O4. The summed E-state index contributed by atoms with van der Waals surface area (Å²) >= 11 is 0. The topological polar surface area (TPSA) is 96.7 Å². The minimum absolute atomic E-state index is 0.231. The van der Waals surface area contributed by atoms with E-state index < -0.39 is 12.0 Å². The molecule has 8 nitrogen and oxygen atoms in total. The maximum Gasteiger partial charge on any atom is 0.328 e. The van der Waals surface area contributed by atoms with Crippen molar-refractivity contribution in [1.29, 1.82) is 0 Å². The summed E-state index contributed by atoms with van der Waals surface area (Å²) in [6.45, 7) is 6.44. The van der Waals surface area contributed by atoms with Gasteiger partial charge < -0.3 is 15.2 Å². The molecule has 2 heterocycles. The van der Waals surface area contributed by atoms with E-state index in [4.69, 9.17) is 9.84 Å². The van der Waals surface area contributed by atoms with Crippen LogP contribution in [-0.4, -0.2) is 71.1 Å². The van der Waals surface area contributed by atoms with Gasteiger partial charge in [0.1, 0.15) is 6.04 Å². The number of nitrogens with one attached hydrogen (secondary N) is 1. The highest BCUT2D eigenvalue weighted by Gasteiger charge is 2.16. The summed E-state index contributed by atoms with van der Waals surface area (Å²) in [6, 6.07) is -0.789. The average molecular weight is 310 g/mol. The molecule has 1 unspecified atom stereocenters. The van der Waals surface area contributed by atoms with Gasteiger partial charge in [0, 0.05) is 25.8 Å². The number of carbonyl (C=O) groups excluding carboxylic acids is 1. The first kappa shape index (κ1) is 16.4. The lowest BCUT2D eigenvalue weighted by Crippen LogP contribution is -2.38. The summed E-state index contributed by atoms with van der Waals surface area (Å²) in [7, 11) is 0. The molecule has 122 valence electrons. The fourth-order valence-electron chi connectivity index (χ4n) is 2.21. The van der Waals surface area contributed by atoms with Crippen molar-refractivity contribution in [2.75, 3.05) is 39.4 Å². The van der Waals surface area contributed by atoms with Gasteiger partial charge in [-0.25, -0.2) is 4.79 Å². The first-order valence-electron chi connectivity index (χ1n) is 7.43. The van der Waals surface area contributed by atoms with Crippen LogP contribution in [0.3, 0.4) is 0 Å². The highest BCUT2D eigenvalue weighted by atomic mass is 16.5. The molecule has 1 atom stereocenters. The van der Waals surface area contributed by atoms with Gasteiger partial charge in [-0.15, -0.1) is 0 Å². The first-order chi connectivity index (χ1) is 10.6. The molecule has 8 heteroatoms. The van der Waals surface area contributed by atoms with Gasteiger partial charge >= 0.3 is 5.97 Å². The van der Waals surface area contributed by atoms with Crippen molar-refractivity contribution < 1.29 is 19.4 Å². The Kier molecular flexibility index (Phi) is 5.91. The van der Waals surface area contributed by atoms with Crippen LogP contribution in [-0.2, 0) is 9.53 Å². The van der Waals surface area contributed by atoms with Gasteiger partial charge in [0.2, 0.25) is 0 Å². The number of aromatic nitrogens is 2. The molecule has 0 radical (unpaired) electrons. The minimum Gasteiger partial charge on any atom is -0.480 e. The Labute approximate surface area is 129 Å². The lowest BCUT2D eigenvalue weighted by molar-refractivity contribution is -0.140. The van der Waals surface area contributed by atoms with Crippen LogP contribution in [0.5, 0.6) is 0 Å². The third-order valence-corrected chi connectivity index (χ3v) is 3.66. The normalized spacial score (nSPS) is 17.1. The second-order valence-electron chi connectivity index (χ2n) is 5.29. The van der Waals surface area contributed by atoms with Crippen molar-refractivity contribution in [3.8, 4) is 0 Å². The number of aliphatic carboxylic acids is 1. The molecule has 0 saturated carbocycles. The van der Waals surface area contributed by atoms with E-state index in [2.05, 4.69) is 15.3 Å². The average Bonchev–Trinajstić information content (AvgIpc) is 3.01.